The first kappa shape index (κ1) is 13.8. The molecule has 2 fully saturated rings. The van der Waals surface area contributed by atoms with Crippen LogP contribution < -0.4 is 0 Å². The highest BCUT2D eigenvalue weighted by atomic mass is 16.1. The van der Waals surface area contributed by atoms with E-state index in [0.717, 1.165) is 38.3 Å². The highest BCUT2D eigenvalue weighted by Crippen LogP contribution is 2.41. The summed E-state index contributed by atoms with van der Waals surface area (Å²) in [5.74, 6) is 1.25. The van der Waals surface area contributed by atoms with Crippen LogP contribution in [0.15, 0.2) is 30.3 Å². The Morgan fingerprint density at radius 2 is 1.80 bits per heavy atom. The number of rotatable bonds is 2. The minimum Gasteiger partial charge on any atom is -0.297 e. The Labute approximate surface area is 122 Å². The molecule has 20 heavy (non-hydrogen) atoms. The molecule has 108 valence electrons. The summed E-state index contributed by atoms with van der Waals surface area (Å²) in [6.07, 6.45) is 6.44. The maximum atomic E-state index is 12.9. The van der Waals surface area contributed by atoms with Crippen LogP contribution in [0.3, 0.4) is 0 Å². The second kappa shape index (κ2) is 5.69. The zero-order valence-electron chi connectivity index (χ0n) is 12.5. The van der Waals surface area contributed by atoms with Crippen LogP contribution in [0.2, 0.25) is 0 Å². The highest BCUT2D eigenvalue weighted by Gasteiger charge is 2.46. The van der Waals surface area contributed by atoms with Crippen molar-refractivity contribution in [3.05, 3.63) is 35.9 Å². The third-order valence-electron chi connectivity index (χ3n) is 5.23. The number of piperidine rings is 1. The minimum atomic E-state index is -0.320. The van der Waals surface area contributed by atoms with Crippen molar-refractivity contribution in [2.24, 2.45) is 5.92 Å². The Hall–Kier alpha value is -1.15. The van der Waals surface area contributed by atoms with Crippen molar-refractivity contribution in [2.45, 2.75) is 51.0 Å². The first-order valence-corrected chi connectivity index (χ1v) is 8.07. The van der Waals surface area contributed by atoms with Crippen LogP contribution in [0.25, 0.3) is 0 Å². The normalized spacial score (nSPS) is 29.6. The molecule has 2 nitrogen and oxygen atoms in total. The second-order valence-corrected chi connectivity index (χ2v) is 6.53. The van der Waals surface area contributed by atoms with Gasteiger partial charge in [0.25, 0.3) is 0 Å². The number of ketones is 1. The number of likely N-dealkylation sites (tertiary alicyclic amines) is 1. The molecule has 0 aromatic heterocycles. The van der Waals surface area contributed by atoms with E-state index in [4.69, 9.17) is 0 Å². The molecule has 1 aromatic carbocycles. The first-order chi connectivity index (χ1) is 9.73. The molecule has 0 N–H and O–H groups in total. The maximum absolute atomic E-state index is 12.9. The number of hydrogen-bond acceptors (Lipinski definition) is 2. The lowest BCUT2D eigenvalue weighted by atomic mass is 9.73. The van der Waals surface area contributed by atoms with Crippen molar-refractivity contribution >= 4 is 5.78 Å². The quantitative estimate of drug-likeness (QED) is 0.816. The largest absolute Gasteiger partial charge is 0.297 e. The molecule has 0 amide bonds. The molecular weight excluding hydrogens is 246 g/mol. The van der Waals surface area contributed by atoms with Crippen molar-refractivity contribution in [1.29, 1.82) is 0 Å². The summed E-state index contributed by atoms with van der Waals surface area (Å²) in [5, 5.41) is 0. The Morgan fingerprint density at radius 1 is 1.10 bits per heavy atom. The molecule has 0 spiro atoms. The second-order valence-electron chi connectivity index (χ2n) is 6.53. The SMILES string of the molecule is CC1CCN([C@@]2(c3ccccc3)CCCCC2=O)CC1. The van der Waals surface area contributed by atoms with E-state index in [9.17, 15) is 4.79 Å². The predicted octanol–water partition coefficient (Wildman–Crippen LogP) is 3.76. The fourth-order valence-corrected chi connectivity index (χ4v) is 3.94. The third-order valence-corrected chi connectivity index (χ3v) is 5.23. The van der Waals surface area contributed by atoms with Gasteiger partial charge in [0, 0.05) is 6.42 Å². The molecule has 0 bridgehead atoms. The van der Waals surface area contributed by atoms with E-state index in [0.29, 0.717) is 5.78 Å². The molecule has 1 aliphatic heterocycles. The standard InChI is InChI=1S/C18H25NO/c1-15-10-13-19(14-11-15)18(12-6-5-9-17(18)20)16-7-3-2-4-8-16/h2-4,7-8,15H,5-6,9-14H2,1H3/t18-/m1/s1. The molecule has 0 radical (unpaired) electrons. The maximum Gasteiger partial charge on any atom is 0.157 e. The molecule has 1 saturated carbocycles. The van der Waals surface area contributed by atoms with Crippen LogP contribution in [-0.2, 0) is 10.3 Å². The van der Waals surface area contributed by atoms with Gasteiger partial charge < -0.3 is 0 Å². The van der Waals surface area contributed by atoms with Gasteiger partial charge in [0.15, 0.2) is 5.78 Å². The molecule has 1 atom stereocenters. The van der Waals surface area contributed by atoms with Crippen LogP contribution in [0.5, 0.6) is 0 Å². The molecule has 2 aliphatic rings. The van der Waals surface area contributed by atoms with E-state index in [1.54, 1.807) is 0 Å². The summed E-state index contributed by atoms with van der Waals surface area (Å²) in [7, 11) is 0. The summed E-state index contributed by atoms with van der Waals surface area (Å²) in [6.45, 7) is 4.47. The highest BCUT2D eigenvalue weighted by molar-refractivity contribution is 5.90. The van der Waals surface area contributed by atoms with E-state index < -0.39 is 0 Å². The van der Waals surface area contributed by atoms with E-state index in [2.05, 4.69) is 36.1 Å². The van der Waals surface area contributed by atoms with Gasteiger partial charge in [-0.2, -0.15) is 0 Å². The van der Waals surface area contributed by atoms with Gasteiger partial charge in [0.2, 0.25) is 0 Å². The van der Waals surface area contributed by atoms with Gasteiger partial charge in [0.1, 0.15) is 5.54 Å². The third kappa shape index (κ3) is 2.31. The van der Waals surface area contributed by atoms with Crippen molar-refractivity contribution in [1.82, 2.24) is 4.90 Å². The smallest absolute Gasteiger partial charge is 0.157 e. The number of Topliss-reactive ketones (excluding diaryl/α,β-unsaturated/α-hetero) is 1. The Morgan fingerprint density at radius 3 is 2.45 bits per heavy atom. The molecule has 3 rings (SSSR count). The van der Waals surface area contributed by atoms with Gasteiger partial charge in [-0.1, -0.05) is 43.7 Å². The summed E-state index contributed by atoms with van der Waals surface area (Å²) in [5.41, 5.74) is 0.902. The number of carbonyl (C=O) groups is 1. The van der Waals surface area contributed by atoms with Crippen LogP contribution in [0, 0.1) is 5.92 Å². The summed E-state index contributed by atoms with van der Waals surface area (Å²) in [4.78, 5) is 15.3. The summed E-state index contributed by atoms with van der Waals surface area (Å²) >= 11 is 0. The van der Waals surface area contributed by atoms with Gasteiger partial charge in [0.05, 0.1) is 0 Å². The molecule has 1 aromatic rings. The topological polar surface area (TPSA) is 20.3 Å². The Balaban J connectivity index is 1.97. The summed E-state index contributed by atoms with van der Waals surface area (Å²) in [6, 6.07) is 10.5. The number of carbonyl (C=O) groups excluding carboxylic acids is 1. The molecule has 2 heteroatoms. The van der Waals surface area contributed by atoms with Crippen molar-refractivity contribution in [2.75, 3.05) is 13.1 Å². The average molecular weight is 271 g/mol. The van der Waals surface area contributed by atoms with E-state index in [1.165, 1.54) is 24.8 Å². The van der Waals surface area contributed by atoms with Gasteiger partial charge in [-0.15, -0.1) is 0 Å². The van der Waals surface area contributed by atoms with Crippen LogP contribution in [-0.4, -0.2) is 23.8 Å². The van der Waals surface area contributed by atoms with Gasteiger partial charge in [-0.3, -0.25) is 9.69 Å². The van der Waals surface area contributed by atoms with Crippen LogP contribution >= 0.6 is 0 Å². The number of benzene rings is 1. The molecule has 1 aliphatic carbocycles. The minimum absolute atomic E-state index is 0.320. The van der Waals surface area contributed by atoms with Crippen molar-refractivity contribution in [3.8, 4) is 0 Å². The Bertz CT molecular complexity index is 462. The Kier molecular flexibility index (Phi) is 3.93. The lowest BCUT2D eigenvalue weighted by Crippen LogP contribution is -2.55. The fourth-order valence-electron chi connectivity index (χ4n) is 3.94. The molecule has 0 unspecified atom stereocenters. The zero-order valence-corrected chi connectivity index (χ0v) is 12.5. The van der Waals surface area contributed by atoms with Crippen LogP contribution in [0.1, 0.15) is 51.0 Å². The molecule has 1 heterocycles. The monoisotopic (exact) mass is 271 g/mol. The van der Waals surface area contributed by atoms with E-state index >= 15 is 0 Å². The first-order valence-electron chi connectivity index (χ1n) is 8.07. The number of nitrogens with zero attached hydrogens (tertiary/aromatic N) is 1. The lowest BCUT2D eigenvalue weighted by Gasteiger charge is -2.48. The van der Waals surface area contributed by atoms with Gasteiger partial charge in [-0.25, -0.2) is 0 Å². The predicted molar refractivity (Wildman–Crippen MR) is 81.6 cm³/mol. The van der Waals surface area contributed by atoms with E-state index in [1.807, 2.05) is 6.07 Å². The lowest BCUT2D eigenvalue weighted by molar-refractivity contribution is -0.136. The fraction of sp³-hybridized carbons (Fsp3) is 0.611. The molecule has 1 saturated heterocycles. The van der Waals surface area contributed by atoms with Gasteiger partial charge in [-0.05, 0) is 50.3 Å². The van der Waals surface area contributed by atoms with Crippen LogP contribution in [0.4, 0.5) is 0 Å². The van der Waals surface area contributed by atoms with E-state index in [-0.39, 0.29) is 5.54 Å². The average Bonchev–Trinajstić information content (AvgIpc) is 2.50. The summed E-state index contributed by atoms with van der Waals surface area (Å²) < 4.78 is 0. The van der Waals surface area contributed by atoms with Crippen molar-refractivity contribution < 1.29 is 4.79 Å². The molecular formula is C18H25NO. The van der Waals surface area contributed by atoms with Gasteiger partial charge >= 0.3 is 0 Å². The number of hydrogen-bond donors (Lipinski definition) is 0. The zero-order chi connectivity index (χ0) is 14.0. The van der Waals surface area contributed by atoms with Crippen molar-refractivity contribution in [3.63, 3.8) is 0 Å².